The predicted octanol–water partition coefficient (Wildman–Crippen LogP) is -2.30. The molecule has 29 valence electrons. The van der Waals surface area contributed by atoms with Gasteiger partial charge in [0.05, 0.1) is 0 Å². The summed E-state index contributed by atoms with van der Waals surface area (Å²) in [7, 11) is 0. The van der Waals surface area contributed by atoms with Gasteiger partial charge in [-0.1, -0.05) is 0 Å². The summed E-state index contributed by atoms with van der Waals surface area (Å²) in [6, 6.07) is 0. The molecule has 0 aromatic rings. The van der Waals surface area contributed by atoms with Crippen LogP contribution in [0.5, 0.6) is 0 Å². The Labute approximate surface area is 43.5 Å². The van der Waals surface area contributed by atoms with Crippen molar-refractivity contribution in [3.8, 4) is 0 Å². The van der Waals surface area contributed by atoms with Crippen molar-refractivity contribution < 1.29 is 26.4 Å². The maximum absolute atomic E-state index is 7.14. The van der Waals surface area contributed by atoms with E-state index in [1.54, 1.807) is 0 Å². The Hall–Kier alpha value is 0.959. The van der Waals surface area contributed by atoms with Gasteiger partial charge in [-0.15, -0.1) is 0 Å². The molecule has 4 heavy (non-hydrogen) atoms. The third kappa shape index (κ3) is 12.3. The van der Waals surface area contributed by atoms with E-state index in [4.69, 9.17) is 4.16 Å². The molecule has 0 aliphatic heterocycles. The standard InChI is InChI=1S/Al.Co.2H2O.2H/h;;2*1H2;;/q+1;;;;;/p-1. The van der Waals surface area contributed by atoms with Crippen molar-refractivity contribution in [3.05, 3.63) is 0 Å². The Balaban J connectivity index is -0.00000000500. The molecule has 0 aromatic carbocycles. The van der Waals surface area contributed by atoms with Gasteiger partial charge in [-0.2, -0.15) is 0 Å². The van der Waals surface area contributed by atoms with Crippen LogP contribution in [0.2, 0.25) is 0 Å². The van der Waals surface area contributed by atoms with Crippen LogP contribution in [-0.2, 0) is 16.8 Å². The van der Waals surface area contributed by atoms with Gasteiger partial charge in [0.15, 0.2) is 0 Å². The molecule has 0 aromatic heterocycles. The van der Waals surface area contributed by atoms with E-state index in [0.29, 0.717) is 16.6 Å². The second kappa shape index (κ2) is 37.7. The molecule has 0 heterocycles. The molecule has 1 radical (unpaired) electrons. The van der Waals surface area contributed by atoms with Gasteiger partial charge >= 0.3 is 16.6 Å². The predicted molar refractivity (Wildman–Crippen MR) is 14.4 cm³/mol. The third-order valence-electron chi connectivity index (χ3n) is 0. The first-order valence-corrected chi connectivity index (χ1v) is 1.34. The molecule has 0 amide bonds. The molecule has 0 atom stereocenters. The normalized spacial score (nSPS) is 1.25. The first kappa shape index (κ1) is 20.3. The zero-order chi connectivity index (χ0) is 2.00. The smallest absolute Gasteiger partial charge is 0.407 e. The SMILES string of the molecule is O.[Co].[OH][AlH2]. The van der Waals surface area contributed by atoms with Crippen LogP contribution in [0.1, 0.15) is 0 Å². The largest absolute Gasteiger partial charge is 0.521 e. The third-order valence-corrected chi connectivity index (χ3v) is 0. The fourth-order valence-corrected chi connectivity index (χ4v) is 0. The van der Waals surface area contributed by atoms with Crippen molar-refractivity contribution in [3.63, 3.8) is 0 Å². The van der Waals surface area contributed by atoms with Crippen molar-refractivity contribution in [1.29, 1.82) is 0 Å². The van der Waals surface area contributed by atoms with E-state index >= 15 is 0 Å². The van der Waals surface area contributed by atoms with E-state index in [9.17, 15) is 0 Å². The van der Waals surface area contributed by atoms with E-state index in [1.807, 2.05) is 0 Å². The summed E-state index contributed by atoms with van der Waals surface area (Å²) < 4.78 is 7.14. The fourth-order valence-electron chi connectivity index (χ4n) is 0. The van der Waals surface area contributed by atoms with E-state index in [1.165, 1.54) is 0 Å². The average molecular weight is 123 g/mol. The zero-order valence-electron chi connectivity index (χ0n) is 2.28. The topological polar surface area (TPSA) is 51.7 Å². The van der Waals surface area contributed by atoms with Gasteiger partial charge in [0, 0.05) is 16.8 Å². The molecule has 0 rings (SSSR count). The molecule has 0 bridgehead atoms. The maximum Gasteiger partial charge on any atom is 0.407 e. The maximum atomic E-state index is 7.14. The van der Waals surface area contributed by atoms with Gasteiger partial charge in [-0.3, -0.25) is 0 Å². The summed E-state index contributed by atoms with van der Waals surface area (Å²) in [5.41, 5.74) is 0. The summed E-state index contributed by atoms with van der Waals surface area (Å²) in [5, 5.41) is 0. The Bertz CT molecular complexity index is 6.00. The van der Waals surface area contributed by atoms with Crippen LogP contribution in [0, 0.1) is 0 Å². The summed E-state index contributed by atoms with van der Waals surface area (Å²) >= 11 is 0.306. The minimum Gasteiger partial charge on any atom is -0.521 e. The second-order valence-corrected chi connectivity index (χ2v) is 0. The van der Waals surface area contributed by atoms with E-state index < -0.39 is 0 Å². The van der Waals surface area contributed by atoms with Crippen LogP contribution < -0.4 is 0 Å². The van der Waals surface area contributed by atoms with Crippen LogP contribution in [0.3, 0.4) is 0 Å². The van der Waals surface area contributed by atoms with Crippen molar-refractivity contribution in [2.75, 3.05) is 0 Å². The molecule has 0 unspecified atom stereocenters. The first-order chi connectivity index (χ1) is 1.00. The Morgan fingerprint density at radius 3 is 1.25 bits per heavy atom. The minimum atomic E-state index is 0. The van der Waals surface area contributed by atoms with Gasteiger partial charge in [-0.05, 0) is 0 Å². The van der Waals surface area contributed by atoms with E-state index in [0.717, 1.165) is 0 Å². The second-order valence-electron chi connectivity index (χ2n) is 0. The molecule has 2 nitrogen and oxygen atoms in total. The molecular formula is H5AlCoO2. The Morgan fingerprint density at radius 1 is 1.25 bits per heavy atom. The molecule has 0 fully saturated rings. The molecular weight excluding hydrogens is 118 g/mol. The zero-order valence-corrected chi connectivity index (χ0v) is 5.32. The van der Waals surface area contributed by atoms with Gasteiger partial charge in [0.2, 0.25) is 0 Å². The fraction of sp³-hybridized carbons (Fsp3) is 0. The van der Waals surface area contributed by atoms with Gasteiger partial charge in [0.25, 0.3) is 0 Å². The van der Waals surface area contributed by atoms with Crippen molar-refractivity contribution in [2.24, 2.45) is 0 Å². The van der Waals surface area contributed by atoms with E-state index in [2.05, 4.69) is 0 Å². The summed E-state index contributed by atoms with van der Waals surface area (Å²) in [5.74, 6) is 0. The molecule has 0 saturated heterocycles. The van der Waals surface area contributed by atoms with Gasteiger partial charge < -0.3 is 9.63 Å². The average Bonchev–Trinajstić information content (AvgIpc) is 1.00. The quantitative estimate of drug-likeness (QED) is 0.362. The Morgan fingerprint density at radius 2 is 1.25 bits per heavy atom. The van der Waals surface area contributed by atoms with Gasteiger partial charge in [-0.25, -0.2) is 0 Å². The molecule has 0 aliphatic carbocycles. The molecule has 0 saturated carbocycles. The van der Waals surface area contributed by atoms with Crippen LogP contribution >= 0.6 is 0 Å². The molecule has 3 N–H and O–H groups in total. The molecule has 4 heteroatoms. The van der Waals surface area contributed by atoms with Crippen LogP contribution in [0.15, 0.2) is 0 Å². The number of hydrogen-bond donors (Lipinski definition) is 1. The number of hydrogen-bond acceptors (Lipinski definition) is 1. The molecule has 0 aliphatic rings. The van der Waals surface area contributed by atoms with Crippen LogP contribution in [-0.4, -0.2) is 26.3 Å². The summed E-state index contributed by atoms with van der Waals surface area (Å²) in [6.07, 6.45) is 0. The van der Waals surface area contributed by atoms with Crippen molar-refractivity contribution in [1.82, 2.24) is 0 Å². The Kier molecular flexibility index (Phi) is 191. The van der Waals surface area contributed by atoms with Crippen LogP contribution in [0.4, 0.5) is 0 Å². The molecule has 0 spiro atoms. The van der Waals surface area contributed by atoms with Crippen LogP contribution in [0.25, 0.3) is 0 Å². The summed E-state index contributed by atoms with van der Waals surface area (Å²) in [4.78, 5) is 0. The van der Waals surface area contributed by atoms with Crippen molar-refractivity contribution >= 4 is 16.6 Å². The van der Waals surface area contributed by atoms with Gasteiger partial charge in [0.1, 0.15) is 0 Å². The van der Waals surface area contributed by atoms with Crippen molar-refractivity contribution in [2.45, 2.75) is 0 Å². The monoisotopic (exact) mass is 123 g/mol. The number of rotatable bonds is 0. The summed E-state index contributed by atoms with van der Waals surface area (Å²) in [6.45, 7) is 0. The van der Waals surface area contributed by atoms with E-state index in [-0.39, 0.29) is 22.3 Å². The minimum absolute atomic E-state index is 0. The first-order valence-electron chi connectivity index (χ1n) is 0.447.